The number of anilines is 1. The number of ether oxygens (including phenoxy) is 1. The molecule has 0 bridgehead atoms. The van der Waals surface area contributed by atoms with Gasteiger partial charge in [0.05, 0.1) is 6.61 Å². The number of aromatic nitrogens is 1. The van der Waals surface area contributed by atoms with Gasteiger partial charge in [0.25, 0.3) is 0 Å². The van der Waals surface area contributed by atoms with E-state index >= 15 is 0 Å². The van der Waals surface area contributed by atoms with Crippen molar-refractivity contribution in [3.05, 3.63) is 23.9 Å². The Bertz CT molecular complexity index is 342. The third-order valence-corrected chi connectivity index (χ3v) is 1.91. The van der Waals surface area contributed by atoms with E-state index in [0.29, 0.717) is 11.4 Å². The SMILES string of the molecule is CCCNc1cc(COCC(F)(F)F)ccn1. The molecule has 0 radical (unpaired) electrons. The number of hydrogen-bond acceptors (Lipinski definition) is 3. The van der Waals surface area contributed by atoms with Gasteiger partial charge < -0.3 is 10.1 Å². The summed E-state index contributed by atoms with van der Waals surface area (Å²) in [5.41, 5.74) is 0.669. The number of alkyl halides is 3. The van der Waals surface area contributed by atoms with Crippen LogP contribution in [0.15, 0.2) is 18.3 Å². The summed E-state index contributed by atoms with van der Waals surface area (Å²) in [6.45, 7) is 1.50. The highest BCUT2D eigenvalue weighted by Crippen LogP contribution is 2.16. The highest BCUT2D eigenvalue weighted by molar-refractivity contribution is 5.37. The Labute approximate surface area is 98.0 Å². The zero-order valence-corrected chi connectivity index (χ0v) is 9.55. The predicted octanol–water partition coefficient (Wildman–Crippen LogP) is 2.98. The van der Waals surface area contributed by atoms with E-state index in [-0.39, 0.29) is 6.61 Å². The van der Waals surface area contributed by atoms with Gasteiger partial charge >= 0.3 is 6.18 Å². The maximum atomic E-state index is 11.9. The molecule has 0 atom stereocenters. The molecule has 0 aliphatic rings. The molecule has 0 saturated heterocycles. The average Bonchev–Trinajstić information content (AvgIpc) is 2.25. The minimum atomic E-state index is -4.28. The Balaban J connectivity index is 2.43. The summed E-state index contributed by atoms with van der Waals surface area (Å²) in [6, 6.07) is 3.32. The van der Waals surface area contributed by atoms with Gasteiger partial charge in [-0.1, -0.05) is 6.92 Å². The molecular formula is C11H15F3N2O. The molecule has 1 aromatic rings. The van der Waals surface area contributed by atoms with Gasteiger partial charge in [0.2, 0.25) is 0 Å². The smallest absolute Gasteiger partial charge is 0.370 e. The second-order valence-electron chi connectivity index (χ2n) is 3.58. The monoisotopic (exact) mass is 248 g/mol. The molecule has 0 aliphatic carbocycles. The maximum Gasteiger partial charge on any atom is 0.411 e. The van der Waals surface area contributed by atoms with Crippen molar-refractivity contribution in [1.82, 2.24) is 4.98 Å². The Morgan fingerprint density at radius 2 is 2.18 bits per heavy atom. The van der Waals surface area contributed by atoms with Gasteiger partial charge in [-0.2, -0.15) is 13.2 Å². The van der Waals surface area contributed by atoms with E-state index in [4.69, 9.17) is 0 Å². The Hall–Kier alpha value is -1.30. The molecule has 17 heavy (non-hydrogen) atoms. The fourth-order valence-electron chi connectivity index (χ4n) is 1.20. The molecule has 6 heteroatoms. The lowest BCUT2D eigenvalue weighted by Crippen LogP contribution is -2.16. The zero-order chi connectivity index (χ0) is 12.7. The van der Waals surface area contributed by atoms with E-state index in [1.54, 1.807) is 18.3 Å². The quantitative estimate of drug-likeness (QED) is 0.840. The molecule has 0 aromatic carbocycles. The van der Waals surface area contributed by atoms with Crippen LogP contribution in [0.3, 0.4) is 0 Å². The van der Waals surface area contributed by atoms with Gasteiger partial charge in [-0.3, -0.25) is 0 Å². The molecule has 1 rings (SSSR count). The van der Waals surface area contributed by atoms with Crippen LogP contribution in [0.2, 0.25) is 0 Å². The normalized spacial score (nSPS) is 11.5. The number of nitrogens with one attached hydrogen (secondary N) is 1. The van der Waals surface area contributed by atoms with Crippen LogP contribution in [0.1, 0.15) is 18.9 Å². The van der Waals surface area contributed by atoms with E-state index < -0.39 is 12.8 Å². The molecule has 96 valence electrons. The molecule has 0 aliphatic heterocycles. The highest BCUT2D eigenvalue weighted by Gasteiger charge is 2.27. The van der Waals surface area contributed by atoms with Gasteiger partial charge in [0, 0.05) is 12.7 Å². The lowest BCUT2D eigenvalue weighted by Gasteiger charge is -2.09. The summed E-state index contributed by atoms with van der Waals surface area (Å²) >= 11 is 0. The topological polar surface area (TPSA) is 34.1 Å². The molecule has 0 spiro atoms. The van der Waals surface area contributed by atoms with Crippen molar-refractivity contribution in [1.29, 1.82) is 0 Å². The Morgan fingerprint density at radius 3 is 2.82 bits per heavy atom. The number of pyridine rings is 1. The molecular weight excluding hydrogens is 233 g/mol. The third-order valence-electron chi connectivity index (χ3n) is 1.91. The van der Waals surface area contributed by atoms with Gasteiger partial charge in [-0.15, -0.1) is 0 Å². The zero-order valence-electron chi connectivity index (χ0n) is 9.55. The van der Waals surface area contributed by atoms with Crippen LogP contribution < -0.4 is 5.32 Å². The van der Waals surface area contributed by atoms with Crippen molar-refractivity contribution in [2.45, 2.75) is 26.1 Å². The van der Waals surface area contributed by atoms with Crippen LogP contribution in [0.5, 0.6) is 0 Å². The molecule has 0 fully saturated rings. The minimum absolute atomic E-state index is 0.0666. The fraction of sp³-hybridized carbons (Fsp3) is 0.545. The predicted molar refractivity (Wildman–Crippen MR) is 58.7 cm³/mol. The minimum Gasteiger partial charge on any atom is -0.370 e. The van der Waals surface area contributed by atoms with Crippen molar-refractivity contribution in [3.8, 4) is 0 Å². The number of nitrogens with zero attached hydrogens (tertiary/aromatic N) is 1. The first kappa shape index (κ1) is 13.8. The van der Waals surface area contributed by atoms with Gasteiger partial charge in [-0.05, 0) is 24.1 Å². The molecule has 3 nitrogen and oxygen atoms in total. The fourth-order valence-corrected chi connectivity index (χ4v) is 1.20. The van der Waals surface area contributed by atoms with Crippen LogP contribution in [0, 0.1) is 0 Å². The Kier molecular flexibility index (Phi) is 5.21. The summed E-state index contributed by atoms with van der Waals surface area (Å²) in [6.07, 6.45) is -1.78. The van der Waals surface area contributed by atoms with E-state index in [0.717, 1.165) is 13.0 Å². The second-order valence-corrected chi connectivity index (χ2v) is 3.58. The van der Waals surface area contributed by atoms with Gasteiger partial charge in [0.15, 0.2) is 0 Å². The molecule has 1 aromatic heterocycles. The first-order valence-electron chi connectivity index (χ1n) is 5.34. The van der Waals surface area contributed by atoms with Gasteiger partial charge in [-0.25, -0.2) is 4.98 Å². The number of rotatable bonds is 6. The second kappa shape index (κ2) is 6.44. The number of hydrogen-bond donors (Lipinski definition) is 1. The molecule has 1 heterocycles. The molecule has 0 saturated carbocycles. The van der Waals surface area contributed by atoms with Crippen molar-refractivity contribution in [2.75, 3.05) is 18.5 Å². The van der Waals surface area contributed by atoms with E-state index in [2.05, 4.69) is 15.0 Å². The van der Waals surface area contributed by atoms with Crippen molar-refractivity contribution < 1.29 is 17.9 Å². The summed E-state index contributed by atoms with van der Waals surface area (Å²) in [5.74, 6) is 0.653. The highest BCUT2D eigenvalue weighted by atomic mass is 19.4. The first-order chi connectivity index (χ1) is 8.01. The van der Waals surface area contributed by atoms with E-state index in [1.807, 2.05) is 6.92 Å². The van der Waals surface area contributed by atoms with Crippen LogP contribution in [-0.2, 0) is 11.3 Å². The van der Waals surface area contributed by atoms with Crippen molar-refractivity contribution in [3.63, 3.8) is 0 Å². The van der Waals surface area contributed by atoms with Crippen molar-refractivity contribution in [2.24, 2.45) is 0 Å². The summed E-state index contributed by atoms with van der Waals surface area (Å²) < 4.78 is 40.1. The molecule has 1 N–H and O–H groups in total. The van der Waals surface area contributed by atoms with E-state index in [9.17, 15) is 13.2 Å². The van der Waals surface area contributed by atoms with Crippen LogP contribution in [-0.4, -0.2) is 24.3 Å². The molecule has 0 unspecified atom stereocenters. The summed E-state index contributed by atoms with van der Waals surface area (Å²) in [7, 11) is 0. The van der Waals surface area contributed by atoms with Crippen LogP contribution in [0.4, 0.5) is 19.0 Å². The summed E-state index contributed by atoms with van der Waals surface area (Å²) in [4.78, 5) is 4.04. The van der Waals surface area contributed by atoms with Crippen molar-refractivity contribution >= 4 is 5.82 Å². The molecule has 0 amide bonds. The lowest BCUT2D eigenvalue weighted by molar-refractivity contribution is -0.176. The maximum absolute atomic E-state index is 11.9. The standard InChI is InChI=1S/C11H15F3N2O/c1-2-4-15-10-6-9(3-5-16-10)7-17-8-11(12,13)14/h3,5-6H,2,4,7-8H2,1H3,(H,15,16). The third kappa shape index (κ3) is 6.11. The first-order valence-corrected chi connectivity index (χ1v) is 5.34. The largest absolute Gasteiger partial charge is 0.411 e. The van der Waals surface area contributed by atoms with Crippen LogP contribution in [0.25, 0.3) is 0 Å². The van der Waals surface area contributed by atoms with Gasteiger partial charge in [0.1, 0.15) is 12.4 Å². The number of halogens is 3. The average molecular weight is 248 g/mol. The van der Waals surface area contributed by atoms with Crippen LogP contribution >= 0.6 is 0 Å². The lowest BCUT2D eigenvalue weighted by atomic mass is 10.3. The summed E-state index contributed by atoms with van der Waals surface area (Å²) in [5, 5.41) is 3.05. The van der Waals surface area contributed by atoms with E-state index in [1.165, 1.54) is 0 Å². The Morgan fingerprint density at radius 1 is 1.41 bits per heavy atom.